The van der Waals surface area contributed by atoms with Crippen molar-refractivity contribution in [1.82, 2.24) is 0 Å². The van der Waals surface area contributed by atoms with Gasteiger partial charge < -0.3 is 10.2 Å². The lowest BCUT2D eigenvalue weighted by atomic mass is 10.0. The van der Waals surface area contributed by atoms with Crippen LogP contribution in [0.5, 0.6) is 11.5 Å². The molecule has 0 saturated heterocycles. The molecule has 94 valence electrons. The fourth-order valence-electron chi connectivity index (χ4n) is 1.65. The lowest BCUT2D eigenvalue weighted by Gasteiger charge is -2.09. The molecule has 0 radical (unpaired) electrons. The Hall–Kier alpha value is -0.520. The van der Waals surface area contributed by atoms with Gasteiger partial charge in [0.1, 0.15) is 11.5 Å². The largest absolute Gasteiger partial charge is 0.508 e. The lowest BCUT2D eigenvalue weighted by Crippen LogP contribution is -1.91. The van der Waals surface area contributed by atoms with E-state index in [4.69, 9.17) is 0 Å². The number of hydrogen-bond donors (Lipinski definition) is 2. The minimum Gasteiger partial charge on any atom is -0.508 e. The van der Waals surface area contributed by atoms with E-state index in [1.54, 1.807) is 18.2 Å². The first kappa shape index (κ1) is 13.9. The van der Waals surface area contributed by atoms with Crippen LogP contribution in [0.15, 0.2) is 43.7 Å². The van der Waals surface area contributed by atoms with Gasteiger partial charge in [0.2, 0.25) is 0 Å². The van der Waals surface area contributed by atoms with Crippen LogP contribution in [-0.2, 0) is 6.42 Å². The van der Waals surface area contributed by atoms with Gasteiger partial charge in [-0.3, -0.25) is 0 Å². The van der Waals surface area contributed by atoms with Crippen molar-refractivity contribution in [3.05, 3.63) is 54.9 Å². The molecule has 2 nitrogen and oxygen atoms in total. The number of halogens is 3. The maximum Gasteiger partial charge on any atom is 0.133 e. The van der Waals surface area contributed by atoms with Crippen LogP contribution in [-0.4, -0.2) is 10.2 Å². The van der Waals surface area contributed by atoms with Crippen LogP contribution < -0.4 is 0 Å². The monoisotopic (exact) mass is 434 g/mol. The van der Waals surface area contributed by atoms with E-state index in [1.807, 2.05) is 12.1 Å². The fourth-order valence-corrected chi connectivity index (χ4v) is 3.38. The summed E-state index contributed by atoms with van der Waals surface area (Å²) in [5.41, 5.74) is 1.49. The van der Waals surface area contributed by atoms with Crippen molar-refractivity contribution < 1.29 is 10.2 Å². The summed E-state index contributed by atoms with van der Waals surface area (Å²) < 4.78 is 2.39. The van der Waals surface area contributed by atoms with Crippen molar-refractivity contribution >= 4 is 47.8 Å². The van der Waals surface area contributed by atoms with E-state index < -0.39 is 0 Å². The normalized spacial score (nSPS) is 10.6. The molecule has 0 heterocycles. The maximum absolute atomic E-state index is 9.98. The highest BCUT2D eigenvalue weighted by molar-refractivity contribution is 9.11. The first-order valence-electron chi connectivity index (χ1n) is 5.11. The van der Waals surface area contributed by atoms with Gasteiger partial charge in [-0.15, -0.1) is 0 Å². The zero-order valence-electron chi connectivity index (χ0n) is 9.12. The van der Waals surface area contributed by atoms with E-state index in [9.17, 15) is 10.2 Å². The van der Waals surface area contributed by atoms with Crippen molar-refractivity contribution in [3.63, 3.8) is 0 Å². The number of benzene rings is 2. The van der Waals surface area contributed by atoms with Gasteiger partial charge in [0.25, 0.3) is 0 Å². The Balaban J connectivity index is 2.43. The van der Waals surface area contributed by atoms with Crippen LogP contribution in [0.2, 0.25) is 0 Å². The van der Waals surface area contributed by atoms with Crippen molar-refractivity contribution in [1.29, 1.82) is 0 Å². The van der Waals surface area contributed by atoms with Crippen molar-refractivity contribution in [2.45, 2.75) is 6.42 Å². The Morgan fingerprint density at radius 3 is 2.22 bits per heavy atom. The first-order valence-corrected chi connectivity index (χ1v) is 7.49. The average molecular weight is 437 g/mol. The highest BCUT2D eigenvalue weighted by Crippen LogP contribution is 2.34. The number of aromatic hydroxyl groups is 2. The summed E-state index contributed by atoms with van der Waals surface area (Å²) in [6.07, 6.45) is 0.454. The zero-order chi connectivity index (χ0) is 13.3. The molecule has 2 rings (SSSR count). The van der Waals surface area contributed by atoms with E-state index in [-0.39, 0.29) is 11.5 Å². The van der Waals surface area contributed by atoms with Crippen LogP contribution in [0, 0.1) is 0 Å². The molecular formula is C13H9Br3O2. The molecule has 0 spiro atoms. The van der Waals surface area contributed by atoms with Gasteiger partial charge in [-0.25, -0.2) is 0 Å². The fraction of sp³-hybridized carbons (Fsp3) is 0.0769. The predicted molar refractivity (Wildman–Crippen MR) is 82.1 cm³/mol. The van der Waals surface area contributed by atoms with Crippen molar-refractivity contribution in [2.75, 3.05) is 0 Å². The van der Waals surface area contributed by atoms with Gasteiger partial charge in [-0.1, -0.05) is 31.9 Å². The number of hydrogen-bond acceptors (Lipinski definition) is 2. The summed E-state index contributed by atoms with van der Waals surface area (Å²) in [6, 6.07) is 8.85. The third-order valence-electron chi connectivity index (χ3n) is 2.53. The van der Waals surface area contributed by atoms with Crippen LogP contribution in [0.1, 0.15) is 11.1 Å². The first-order chi connectivity index (χ1) is 8.47. The lowest BCUT2D eigenvalue weighted by molar-refractivity contribution is 0.461. The van der Waals surface area contributed by atoms with E-state index in [1.165, 1.54) is 0 Å². The van der Waals surface area contributed by atoms with Gasteiger partial charge in [0.15, 0.2) is 0 Å². The van der Waals surface area contributed by atoms with Crippen molar-refractivity contribution in [2.24, 2.45) is 0 Å². The molecule has 0 aromatic heterocycles. The highest BCUT2D eigenvalue weighted by Gasteiger charge is 2.10. The number of rotatable bonds is 2. The predicted octanol–water partition coefficient (Wildman–Crippen LogP) is 4.98. The second-order valence-electron chi connectivity index (χ2n) is 3.85. The molecule has 0 atom stereocenters. The van der Waals surface area contributed by atoms with Crippen molar-refractivity contribution in [3.8, 4) is 11.5 Å². The smallest absolute Gasteiger partial charge is 0.133 e. The molecule has 0 fully saturated rings. The Kier molecular flexibility index (Phi) is 4.35. The molecule has 0 amide bonds. The summed E-state index contributed by atoms with van der Waals surface area (Å²) in [5.74, 6) is 0.409. The molecule has 2 N–H and O–H groups in total. The molecule has 0 unspecified atom stereocenters. The second-order valence-corrected chi connectivity index (χ2v) is 6.53. The maximum atomic E-state index is 9.98. The van der Waals surface area contributed by atoms with E-state index in [2.05, 4.69) is 47.8 Å². The third-order valence-corrected chi connectivity index (χ3v) is 4.09. The molecule has 0 aliphatic heterocycles. The summed E-state index contributed by atoms with van der Waals surface area (Å²) in [4.78, 5) is 0. The Morgan fingerprint density at radius 2 is 1.50 bits per heavy atom. The van der Waals surface area contributed by atoms with E-state index in [0.717, 1.165) is 20.1 Å². The SMILES string of the molecule is Oc1ccc(Br)cc1Cc1cc(Br)cc(Br)c1O. The van der Waals surface area contributed by atoms with E-state index in [0.29, 0.717) is 10.9 Å². The van der Waals surface area contributed by atoms with Crippen LogP contribution >= 0.6 is 47.8 Å². The van der Waals surface area contributed by atoms with Gasteiger partial charge in [0, 0.05) is 20.9 Å². The quantitative estimate of drug-likeness (QED) is 0.697. The highest BCUT2D eigenvalue weighted by atomic mass is 79.9. The van der Waals surface area contributed by atoms with Crippen LogP contribution in [0.4, 0.5) is 0 Å². The minimum atomic E-state index is 0.192. The number of phenols is 2. The number of phenolic OH excluding ortho intramolecular Hbond substituents is 2. The molecule has 0 bridgehead atoms. The molecule has 0 aliphatic rings. The van der Waals surface area contributed by atoms with Gasteiger partial charge in [-0.05, 0) is 51.8 Å². The standard InChI is InChI=1S/C13H9Br3O2/c14-9-1-2-12(17)7(4-9)3-8-5-10(15)6-11(16)13(8)18/h1-2,4-6,17-18H,3H2. The summed E-state index contributed by atoms with van der Waals surface area (Å²) in [7, 11) is 0. The minimum absolute atomic E-state index is 0.192. The molecule has 0 saturated carbocycles. The van der Waals surface area contributed by atoms with Crippen LogP contribution in [0.3, 0.4) is 0 Å². The third kappa shape index (κ3) is 3.08. The molecule has 2 aromatic rings. The van der Waals surface area contributed by atoms with Gasteiger partial charge in [-0.2, -0.15) is 0 Å². The molecule has 2 aromatic carbocycles. The van der Waals surface area contributed by atoms with Gasteiger partial charge in [0.05, 0.1) is 4.47 Å². The van der Waals surface area contributed by atoms with E-state index >= 15 is 0 Å². The summed E-state index contributed by atoms with van der Waals surface area (Å²) >= 11 is 10.0. The zero-order valence-corrected chi connectivity index (χ0v) is 13.9. The van der Waals surface area contributed by atoms with Gasteiger partial charge >= 0.3 is 0 Å². The summed E-state index contributed by atoms with van der Waals surface area (Å²) in [6.45, 7) is 0. The average Bonchev–Trinajstić information content (AvgIpc) is 2.30. The second kappa shape index (κ2) is 5.63. The Bertz CT molecular complexity index is 597. The molecule has 0 aliphatic carbocycles. The summed E-state index contributed by atoms with van der Waals surface area (Å²) in [5, 5.41) is 19.8. The van der Waals surface area contributed by atoms with Crippen LogP contribution in [0.25, 0.3) is 0 Å². The molecular weight excluding hydrogens is 428 g/mol. The molecule has 18 heavy (non-hydrogen) atoms. The molecule has 5 heteroatoms. The Morgan fingerprint density at radius 1 is 0.833 bits per heavy atom. The topological polar surface area (TPSA) is 40.5 Å². The Labute approximate surface area is 130 Å².